The predicted molar refractivity (Wildman–Crippen MR) is 101 cm³/mol. The Hall–Kier alpha value is -1.28. The molecule has 1 aromatic carbocycles. The van der Waals surface area contributed by atoms with Crippen LogP contribution in [-0.2, 0) is 28.9 Å². The minimum absolute atomic E-state index is 0.169. The first-order chi connectivity index (χ1) is 11.9. The quantitative estimate of drug-likeness (QED) is 0.315. The molecule has 6 nitrogen and oxygen atoms in total. The van der Waals surface area contributed by atoms with Crippen LogP contribution in [0, 0.1) is 0 Å². The first-order valence-electron chi connectivity index (χ1n) is 8.83. The van der Waals surface area contributed by atoms with Crippen LogP contribution in [0.3, 0.4) is 0 Å². The molecule has 142 valence electrons. The molecule has 0 aromatic heterocycles. The van der Waals surface area contributed by atoms with Crippen LogP contribution in [0.1, 0.15) is 56.6 Å². The van der Waals surface area contributed by atoms with Gasteiger partial charge in [0.15, 0.2) is 0 Å². The molecule has 0 fully saturated rings. The Morgan fingerprint density at radius 2 is 1.80 bits per heavy atom. The summed E-state index contributed by atoms with van der Waals surface area (Å²) in [4.78, 5) is 11.8. The van der Waals surface area contributed by atoms with Gasteiger partial charge in [0.25, 0.3) is 0 Å². The topological polar surface area (TPSA) is 113 Å². The van der Waals surface area contributed by atoms with E-state index in [2.05, 4.69) is 4.72 Å². The zero-order chi connectivity index (χ0) is 18.7. The van der Waals surface area contributed by atoms with Crippen LogP contribution in [0.2, 0.25) is 0 Å². The maximum atomic E-state index is 11.8. The Kier molecular flexibility index (Phi) is 9.89. The number of rotatable bonds is 13. The summed E-state index contributed by atoms with van der Waals surface area (Å²) < 4.78 is 22.8. The van der Waals surface area contributed by atoms with Gasteiger partial charge in [0.2, 0.25) is 11.3 Å². The molecule has 0 spiro atoms. The second-order valence-corrected chi connectivity index (χ2v) is 7.14. The van der Waals surface area contributed by atoms with Crippen molar-refractivity contribution >= 4 is 17.2 Å². The van der Waals surface area contributed by atoms with Gasteiger partial charge in [0.05, 0.1) is 0 Å². The third-order valence-corrected chi connectivity index (χ3v) is 4.91. The lowest BCUT2D eigenvalue weighted by molar-refractivity contribution is -0.144. The Bertz CT molecular complexity index is 551. The van der Waals surface area contributed by atoms with E-state index in [-0.39, 0.29) is 6.42 Å². The molecule has 2 unspecified atom stereocenters. The van der Waals surface area contributed by atoms with Crippen molar-refractivity contribution < 1.29 is 18.7 Å². The number of aliphatic carboxylic acids is 1. The highest BCUT2D eigenvalue weighted by Gasteiger charge is 2.39. The molecular weight excluding hydrogens is 340 g/mol. The monoisotopic (exact) mass is 370 g/mol. The number of nitrogens with two attached hydrogens (primary N) is 1. The van der Waals surface area contributed by atoms with Crippen LogP contribution in [-0.4, -0.2) is 31.9 Å². The van der Waals surface area contributed by atoms with Gasteiger partial charge in [-0.25, -0.2) is 4.21 Å². The number of carbonyl (C=O) groups is 1. The molecule has 0 aliphatic carbocycles. The summed E-state index contributed by atoms with van der Waals surface area (Å²) in [5.74, 6) is -1.10. The minimum atomic E-state index is -2.38. The van der Waals surface area contributed by atoms with Crippen LogP contribution in [0.15, 0.2) is 24.3 Å². The summed E-state index contributed by atoms with van der Waals surface area (Å²) in [7, 11) is 0. The van der Waals surface area contributed by atoms with Crippen LogP contribution < -0.4 is 10.5 Å². The highest BCUT2D eigenvalue weighted by atomic mass is 32.2. The van der Waals surface area contributed by atoms with E-state index in [4.69, 9.17) is 5.73 Å². The number of benzene rings is 1. The van der Waals surface area contributed by atoms with Crippen molar-refractivity contribution in [2.75, 3.05) is 6.54 Å². The fraction of sp³-hybridized carbons (Fsp3) is 0.611. The standard InChI is InChI=1S/C18H30N2O4S/c1-2-3-12-18(17(21)22,20-25(23)24)14-16-10-8-15(9-11-16)7-5-4-6-13-19/h8-11,20H,2-7,12-14,19H2,1H3,(H,21,22)(H,23,24). The molecule has 0 heterocycles. The van der Waals surface area contributed by atoms with Crippen molar-refractivity contribution in [3.8, 4) is 0 Å². The highest BCUT2D eigenvalue weighted by Crippen LogP contribution is 2.22. The maximum Gasteiger partial charge on any atom is 0.325 e. The van der Waals surface area contributed by atoms with Crippen LogP contribution >= 0.6 is 0 Å². The molecule has 0 saturated heterocycles. The Balaban J connectivity index is 2.81. The molecule has 1 aromatic rings. The van der Waals surface area contributed by atoms with E-state index in [0.717, 1.165) is 37.7 Å². The fourth-order valence-corrected chi connectivity index (χ4v) is 3.47. The van der Waals surface area contributed by atoms with Gasteiger partial charge in [-0.3, -0.25) is 9.35 Å². The number of aryl methyl sites for hydroxylation is 1. The molecule has 5 N–H and O–H groups in total. The van der Waals surface area contributed by atoms with E-state index >= 15 is 0 Å². The predicted octanol–water partition coefficient (Wildman–Crippen LogP) is 2.64. The molecule has 1 rings (SSSR count). The third-order valence-electron chi connectivity index (χ3n) is 4.35. The Morgan fingerprint density at radius 3 is 2.32 bits per heavy atom. The van der Waals surface area contributed by atoms with E-state index in [1.165, 1.54) is 5.56 Å². The molecule has 0 amide bonds. The summed E-state index contributed by atoms with van der Waals surface area (Å²) in [6.07, 6.45) is 6.13. The largest absolute Gasteiger partial charge is 0.480 e. The molecular formula is C18H30N2O4S. The van der Waals surface area contributed by atoms with E-state index in [9.17, 15) is 18.7 Å². The summed E-state index contributed by atoms with van der Waals surface area (Å²) in [6, 6.07) is 7.81. The summed E-state index contributed by atoms with van der Waals surface area (Å²) >= 11 is -2.38. The summed E-state index contributed by atoms with van der Waals surface area (Å²) in [6.45, 7) is 2.68. The molecule has 0 bridgehead atoms. The molecule has 0 aliphatic heterocycles. The number of nitrogens with one attached hydrogen (secondary N) is 1. The molecule has 0 radical (unpaired) electrons. The first kappa shape index (κ1) is 21.8. The van der Waals surface area contributed by atoms with Gasteiger partial charge in [-0.2, -0.15) is 4.72 Å². The van der Waals surface area contributed by atoms with E-state index < -0.39 is 22.8 Å². The number of carboxylic acid groups (broad SMARTS) is 1. The lowest BCUT2D eigenvalue weighted by Crippen LogP contribution is -2.54. The average Bonchev–Trinajstić information content (AvgIpc) is 2.57. The van der Waals surface area contributed by atoms with Crippen LogP contribution in [0.5, 0.6) is 0 Å². The maximum absolute atomic E-state index is 11.8. The molecule has 0 saturated carbocycles. The van der Waals surface area contributed by atoms with Crippen molar-refractivity contribution in [3.63, 3.8) is 0 Å². The average molecular weight is 371 g/mol. The number of hydrogen-bond donors (Lipinski definition) is 4. The van der Waals surface area contributed by atoms with Crippen molar-refractivity contribution in [2.24, 2.45) is 5.73 Å². The van der Waals surface area contributed by atoms with Gasteiger partial charge in [0, 0.05) is 6.42 Å². The van der Waals surface area contributed by atoms with E-state index in [1.54, 1.807) is 0 Å². The van der Waals surface area contributed by atoms with E-state index in [0.29, 0.717) is 19.4 Å². The smallest absolute Gasteiger partial charge is 0.325 e. The van der Waals surface area contributed by atoms with Crippen molar-refractivity contribution in [1.82, 2.24) is 4.72 Å². The minimum Gasteiger partial charge on any atom is -0.480 e. The highest BCUT2D eigenvalue weighted by molar-refractivity contribution is 7.77. The Labute approximate surface area is 152 Å². The van der Waals surface area contributed by atoms with E-state index in [1.807, 2.05) is 31.2 Å². The van der Waals surface area contributed by atoms with Crippen LogP contribution in [0.25, 0.3) is 0 Å². The van der Waals surface area contributed by atoms with Crippen molar-refractivity contribution in [2.45, 2.75) is 63.8 Å². The van der Waals surface area contributed by atoms with Gasteiger partial charge < -0.3 is 10.8 Å². The zero-order valence-corrected chi connectivity index (χ0v) is 15.7. The van der Waals surface area contributed by atoms with Gasteiger partial charge >= 0.3 is 5.97 Å². The summed E-state index contributed by atoms with van der Waals surface area (Å²) in [5.41, 5.74) is 6.09. The number of unbranched alkanes of at least 4 members (excludes halogenated alkanes) is 3. The summed E-state index contributed by atoms with van der Waals surface area (Å²) in [5, 5.41) is 9.66. The van der Waals surface area contributed by atoms with Crippen molar-refractivity contribution in [1.29, 1.82) is 0 Å². The normalized spacial score (nSPS) is 14.8. The fourth-order valence-electron chi connectivity index (χ4n) is 2.87. The van der Waals surface area contributed by atoms with Gasteiger partial charge in [0.1, 0.15) is 5.54 Å². The second-order valence-electron chi connectivity index (χ2n) is 6.43. The third kappa shape index (κ3) is 7.64. The molecule has 7 heteroatoms. The lowest BCUT2D eigenvalue weighted by Gasteiger charge is -2.29. The lowest BCUT2D eigenvalue weighted by atomic mass is 9.86. The molecule has 2 atom stereocenters. The molecule has 25 heavy (non-hydrogen) atoms. The van der Waals surface area contributed by atoms with Crippen molar-refractivity contribution in [3.05, 3.63) is 35.4 Å². The van der Waals surface area contributed by atoms with Gasteiger partial charge in [-0.1, -0.05) is 50.5 Å². The Morgan fingerprint density at radius 1 is 1.16 bits per heavy atom. The van der Waals surface area contributed by atoms with Gasteiger partial charge in [-0.05, 0) is 43.4 Å². The zero-order valence-electron chi connectivity index (χ0n) is 14.9. The molecule has 0 aliphatic rings. The SMILES string of the molecule is CCCCC(Cc1ccc(CCCCCN)cc1)(NS(=O)O)C(=O)O. The number of hydrogen-bond acceptors (Lipinski definition) is 3. The second kappa shape index (κ2) is 11.4. The van der Waals surface area contributed by atoms with Gasteiger partial charge in [-0.15, -0.1) is 0 Å². The number of carboxylic acids is 1. The van der Waals surface area contributed by atoms with Crippen LogP contribution in [0.4, 0.5) is 0 Å². The first-order valence-corrected chi connectivity index (χ1v) is 9.94.